The summed E-state index contributed by atoms with van der Waals surface area (Å²) >= 11 is -2.18. The summed E-state index contributed by atoms with van der Waals surface area (Å²) in [6, 6.07) is 0. The molecule has 1 aliphatic carbocycles. The van der Waals surface area contributed by atoms with Gasteiger partial charge in [-0.25, -0.2) is 0 Å². The standard InChI is InChI=1S/C6H10O3S/c7-5-3-1-2-4-6(5)10(8)9/h6H,1-4H2,(H,8,9)/p-1. The molecule has 0 aromatic rings. The molecule has 1 rings (SSSR count). The van der Waals surface area contributed by atoms with E-state index in [0.29, 0.717) is 12.8 Å². The summed E-state index contributed by atoms with van der Waals surface area (Å²) in [5.41, 5.74) is 0. The van der Waals surface area contributed by atoms with Crippen LogP contribution in [0.25, 0.3) is 0 Å². The number of hydrogen-bond donors (Lipinski definition) is 0. The summed E-state index contributed by atoms with van der Waals surface area (Å²) < 4.78 is 20.7. The van der Waals surface area contributed by atoms with Crippen molar-refractivity contribution < 1.29 is 13.6 Å². The van der Waals surface area contributed by atoms with Crippen molar-refractivity contribution >= 4 is 16.9 Å². The second-order valence-electron chi connectivity index (χ2n) is 2.46. The van der Waals surface area contributed by atoms with Crippen LogP contribution in [0.3, 0.4) is 0 Å². The van der Waals surface area contributed by atoms with E-state index in [0.717, 1.165) is 12.8 Å². The maximum Gasteiger partial charge on any atom is 0.147 e. The Morgan fingerprint density at radius 1 is 1.50 bits per heavy atom. The molecule has 0 amide bonds. The smallest absolute Gasteiger partial charge is 0.147 e. The topological polar surface area (TPSA) is 57.2 Å². The second-order valence-corrected chi connectivity index (χ2v) is 3.55. The summed E-state index contributed by atoms with van der Waals surface area (Å²) in [5, 5.41) is -0.700. The van der Waals surface area contributed by atoms with Crippen molar-refractivity contribution in [2.75, 3.05) is 0 Å². The van der Waals surface area contributed by atoms with E-state index >= 15 is 0 Å². The van der Waals surface area contributed by atoms with Gasteiger partial charge in [-0.15, -0.1) is 0 Å². The predicted molar refractivity (Wildman–Crippen MR) is 36.2 cm³/mol. The van der Waals surface area contributed by atoms with Crippen molar-refractivity contribution in [3.05, 3.63) is 0 Å². The summed E-state index contributed by atoms with van der Waals surface area (Å²) in [6.45, 7) is 0. The predicted octanol–water partition coefficient (Wildman–Crippen LogP) is 0.377. The van der Waals surface area contributed by atoms with E-state index in [1.807, 2.05) is 0 Å². The van der Waals surface area contributed by atoms with Crippen molar-refractivity contribution in [2.45, 2.75) is 30.9 Å². The van der Waals surface area contributed by atoms with Crippen LogP contribution in [0.4, 0.5) is 0 Å². The van der Waals surface area contributed by atoms with Crippen LogP contribution in [0, 0.1) is 0 Å². The van der Waals surface area contributed by atoms with Crippen LogP contribution in [-0.2, 0) is 15.9 Å². The Kier molecular flexibility index (Phi) is 2.56. The molecule has 0 aromatic heterocycles. The van der Waals surface area contributed by atoms with Gasteiger partial charge < -0.3 is 4.55 Å². The van der Waals surface area contributed by atoms with Crippen molar-refractivity contribution in [1.82, 2.24) is 0 Å². The summed E-state index contributed by atoms with van der Waals surface area (Å²) in [4.78, 5) is 10.8. The molecule has 0 heterocycles. The van der Waals surface area contributed by atoms with Crippen LogP contribution in [0.2, 0.25) is 0 Å². The van der Waals surface area contributed by atoms with Crippen LogP contribution in [-0.4, -0.2) is 19.8 Å². The van der Waals surface area contributed by atoms with Crippen molar-refractivity contribution in [3.63, 3.8) is 0 Å². The van der Waals surface area contributed by atoms with Crippen LogP contribution in [0.15, 0.2) is 0 Å². The van der Waals surface area contributed by atoms with Crippen LogP contribution in [0.5, 0.6) is 0 Å². The molecule has 0 saturated heterocycles. The molecule has 4 heteroatoms. The molecule has 10 heavy (non-hydrogen) atoms. The van der Waals surface area contributed by atoms with Gasteiger partial charge in [-0.1, -0.05) is 6.42 Å². The zero-order chi connectivity index (χ0) is 7.56. The van der Waals surface area contributed by atoms with Crippen LogP contribution in [0.1, 0.15) is 25.7 Å². The first-order valence-corrected chi connectivity index (χ1v) is 4.46. The maximum absolute atomic E-state index is 10.8. The summed E-state index contributed by atoms with van der Waals surface area (Å²) in [6.07, 6.45) is 2.69. The Hall–Kier alpha value is -0.220. The monoisotopic (exact) mass is 161 g/mol. The minimum Gasteiger partial charge on any atom is -0.772 e. The highest BCUT2D eigenvalue weighted by molar-refractivity contribution is 7.80. The minimum atomic E-state index is -2.18. The fraction of sp³-hybridized carbons (Fsp3) is 0.833. The molecule has 1 saturated carbocycles. The van der Waals surface area contributed by atoms with Gasteiger partial charge in [0.2, 0.25) is 0 Å². The largest absolute Gasteiger partial charge is 0.772 e. The fourth-order valence-corrected chi connectivity index (χ4v) is 1.85. The van der Waals surface area contributed by atoms with Gasteiger partial charge in [0.25, 0.3) is 0 Å². The van der Waals surface area contributed by atoms with E-state index < -0.39 is 16.3 Å². The lowest BCUT2D eigenvalue weighted by molar-refractivity contribution is -0.119. The van der Waals surface area contributed by atoms with Gasteiger partial charge in [0.1, 0.15) is 5.78 Å². The van der Waals surface area contributed by atoms with E-state index in [-0.39, 0.29) is 5.78 Å². The van der Waals surface area contributed by atoms with Gasteiger partial charge in [0, 0.05) is 6.42 Å². The number of carbonyl (C=O) groups excluding carboxylic acids is 1. The lowest BCUT2D eigenvalue weighted by atomic mass is 9.99. The summed E-state index contributed by atoms with van der Waals surface area (Å²) in [5.74, 6) is -0.111. The summed E-state index contributed by atoms with van der Waals surface area (Å²) in [7, 11) is 0. The van der Waals surface area contributed by atoms with Gasteiger partial charge in [0.05, 0.1) is 5.25 Å². The van der Waals surface area contributed by atoms with Gasteiger partial charge in [-0.05, 0) is 23.9 Å². The highest BCUT2D eigenvalue weighted by atomic mass is 32.2. The average Bonchev–Trinajstić information content (AvgIpc) is 1.88. The quantitative estimate of drug-likeness (QED) is 0.522. The molecule has 0 bridgehead atoms. The zero-order valence-corrected chi connectivity index (χ0v) is 6.36. The lowest BCUT2D eigenvalue weighted by Gasteiger charge is -2.21. The number of ketones is 1. The molecule has 0 N–H and O–H groups in total. The van der Waals surface area contributed by atoms with Crippen molar-refractivity contribution in [1.29, 1.82) is 0 Å². The molecule has 1 aliphatic rings. The molecule has 0 aliphatic heterocycles. The highest BCUT2D eigenvalue weighted by Gasteiger charge is 2.22. The number of carbonyl (C=O) groups is 1. The average molecular weight is 161 g/mol. The van der Waals surface area contributed by atoms with E-state index in [1.54, 1.807) is 0 Å². The number of hydrogen-bond acceptors (Lipinski definition) is 3. The molecule has 2 unspecified atom stereocenters. The van der Waals surface area contributed by atoms with Gasteiger partial charge in [-0.3, -0.25) is 9.00 Å². The Morgan fingerprint density at radius 2 is 2.20 bits per heavy atom. The molecular formula is C6H9O3S-. The zero-order valence-electron chi connectivity index (χ0n) is 5.54. The first kappa shape index (κ1) is 7.88. The molecule has 58 valence electrons. The molecule has 2 atom stereocenters. The third kappa shape index (κ3) is 1.64. The van der Waals surface area contributed by atoms with E-state index in [2.05, 4.69) is 0 Å². The lowest BCUT2D eigenvalue weighted by Crippen LogP contribution is -2.28. The van der Waals surface area contributed by atoms with E-state index in [4.69, 9.17) is 0 Å². The Morgan fingerprint density at radius 3 is 2.60 bits per heavy atom. The molecule has 3 nitrogen and oxygen atoms in total. The number of rotatable bonds is 1. The Balaban J connectivity index is 2.56. The van der Waals surface area contributed by atoms with Gasteiger partial charge in [0.15, 0.2) is 0 Å². The maximum atomic E-state index is 10.8. The normalized spacial score (nSPS) is 30.1. The van der Waals surface area contributed by atoms with Crippen molar-refractivity contribution in [3.8, 4) is 0 Å². The van der Waals surface area contributed by atoms with Crippen molar-refractivity contribution in [2.24, 2.45) is 0 Å². The molecule has 0 radical (unpaired) electrons. The second kappa shape index (κ2) is 3.25. The minimum absolute atomic E-state index is 0.111. The van der Waals surface area contributed by atoms with Crippen LogP contribution >= 0.6 is 0 Å². The van der Waals surface area contributed by atoms with E-state index in [1.165, 1.54) is 0 Å². The third-order valence-electron chi connectivity index (χ3n) is 1.73. The molecule has 1 fully saturated rings. The molecular weight excluding hydrogens is 152 g/mol. The SMILES string of the molecule is O=C1CCCCC1S(=O)[O-]. The molecule has 0 aromatic carbocycles. The first-order valence-electron chi connectivity index (χ1n) is 3.32. The third-order valence-corrected chi connectivity index (χ3v) is 2.69. The Bertz CT molecular complexity index is 166. The van der Waals surface area contributed by atoms with Gasteiger partial charge in [-0.2, -0.15) is 0 Å². The fourth-order valence-electron chi connectivity index (χ4n) is 1.15. The van der Waals surface area contributed by atoms with Crippen LogP contribution < -0.4 is 0 Å². The first-order chi connectivity index (χ1) is 4.72. The van der Waals surface area contributed by atoms with E-state index in [9.17, 15) is 13.6 Å². The number of Topliss-reactive ketones (excluding diaryl/α,β-unsaturated/α-hetero) is 1. The molecule has 0 spiro atoms. The van der Waals surface area contributed by atoms with Gasteiger partial charge >= 0.3 is 0 Å². The highest BCUT2D eigenvalue weighted by Crippen LogP contribution is 2.17. The Labute approximate surface area is 62.1 Å².